The Bertz CT molecular complexity index is 1340. The van der Waals surface area contributed by atoms with Gasteiger partial charge in [-0.15, -0.1) is 5.10 Å². The van der Waals surface area contributed by atoms with E-state index >= 15 is 0 Å². The minimum Gasteiger partial charge on any atom is -0.413 e. The molecule has 9 heteroatoms. The summed E-state index contributed by atoms with van der Waals surface area (Å²) < 4.78 is 16.0. The van der Waals surface area contributed by atoms with Gasteiger partial charge >= 0.3 is 0 Å². The number of aromatic nitrogens is 4. The molecule has 266 valence electrons. The van der Waals surface area contributed by atoms with Gasteiger partial charge in [-0.3, -0.25) is 0 Å². The zero-order valence-electron chi connectivity index (χ0n) is 32.5. The second-order valence-corrected chi connectivity index (χ2v) is 28.6. The Kier molecular flexibility index (Phi) is 10.9. The van der Waals surface area contributed by atoms with Crippen molar-refractivity contribution in [2.45, 2.75) is 175 Å². The molecule has 4 rings (SSSR count). The first-order valence-corrected chi connectivity index (χ1v) is 24.1. The quantitative estimate of drug-likeness (QED) is 0.261. The Morgan fingerprint density at radius 2 is 1.62 bits per heavy atom. The monoisotopic (exact) mass is 684 g/mol. The topological polar surface area (TPSA) is 82.3 Å². The summed E-state index contributed by atoms with van der Waals surface area (Å²) in [5, 5.41) is 23.2. The van der Waals surface area contributed by atoms with Gasteiger partial charge in [0.2, 0.25) is 0 Å². The molecular weight excluding hydrogens is 617 g/mol. The first-order chi connectivity index (χ1) is 21.4. The van der Waals surface area contributed by atoms with E-state index in [1.54, 1.807) is 19.4 Å². The van der Waals surface area contributed by atoms with Crippen LogP contribution in [0, 0.1) is 23.2 Å². The van der Waals surface area contributed by atoms with E-state index in [9.17, 15) is 5.11 Å². The Balaban J connectivity index is 1.59. The van der Waals surface area contributed by atoms with E-state index in [4.69, 9.17) is 8.85 Å². The van der Waals surface area contributed by atoms with Gasteiger partial charge in [0.15, 0.2) is 22.5 Å². The maximum atomic E-state index is 10.6. The van der Waals surface area contributed by atoms with Crippen molar-refractivity contribution in [1.82, 2.24) is 20.2 Å². The third-order valence-electron chi connectivity index (χ3n) is 13.0. The fourth-order valence-electron chi connectivity index (χ4n) is 8.15. The second-order valence-electron chi connectivity index (χ2n) is 19.1. The molecule has 3 saturated carbocycles. The minimum absolute atomic E-state index is 0.00235. The number of hydrogen-bond donors (Lipinski definition) is 1. The van der Waals surface area contributed by atoms with Crippen LogP contribution in [-0.4, -0.2) is 54.2 Å². The number of fused-ring (bicyclic) bond motifs is 1. The van der Waals surface area contributed by atoms with E-state index in [0.717, 1.165) is 25.0 Å². The van der Waals surface area contributed by atoms with Crippen molar-refractivity contribution in [3.63, 3.8) is 0 Å². The molecule has 0 unspecified atom stereocenters. The van der Waals surface area contributed by atoms with Gasteiger partial charge < -0.3 is 14.0 Å². The molecular formula is C38H68N4O3Si2. The highest BCUT2D eigenvalue weighted by Gasteiger charge is 2.51. The lowest BCUT2D eigenvalue weighted by Gasteiger charge is -2.46. The summed E-state index contributed by atoms with van der Waals surface area (Å²) in [7, 11) is -3.96. The van der Waals surface area contributed by atoms with Crippen LogP contribution in [0.5, 0.6) is 0 Å². The first-order valence-electron chi connectivity index (χ1n) is 18.3. The van der Waals surface area contributed by atoms with Crippen LogP contribution in [0.15, 0.2) is 35.5 Å². The number of aliphatic hydroxyl groups is 1. The molecule has 6 atom stereocenters. The van der Waals surface area contributed by atoms with Crippen LogP contribution in [0.3, 0.4) is 0 Å². The molecule has 0 aliphatic heterocycles. The maximum Gasteiger partial charge on any atom is 0.192 e. The molecule has 0 amide bonds. The van der Waals surface area contributed by atoms with E-state index in [-0.39, 0.29) is 27.7 Å². The molecule has 1 aromatic rings. The van der Waals surface area contributed by atoms with Crippen LogP contribution in [0.1, 0.15) is 120 Å². The molecule has 0 radical (unpaired) electrons. The summed E-state index contributed by atoms with van der Waals surface area (Å²) in [5.74, 6) is 2.11. The average molecular weight is 685 g/mol. The highest BCUT2D eigenvalue weighted by Crippen LogP contribution is 2.59. The molecule has 1 N–H and O–H groups in total. The molecule has 3 aliphatic carbocycles. The predicted octanol–water partition coefficient (Wildman–Crippen LogP) is 9.74. The normalized spacial score (nSPS) is 30.7. The number of tetrazole rings is 1. The Morgan fingerprint density at radius 1 is 1.00 bits per heavy atom. The Hall–Kier alpha value is -1.40. The number of allylic oxidation sites excluding steroid dienone is 3. The summed E-state index contributed by atoms with van der Waals surface area (Å²) in [6.45, 7) is 37.2. The lowest BCUT2D eigenvalue weighted by atomic mass is 9.61. The number of nitrogens with zero attached hydrogens (tertiary/aromatic N) is 4. The van der Waals surface area contributed by atoms with Gasteiger partial charge in [0.25, 0.3) is 0 Å². The predicted molar refractivity (Wildman–Crippen MR) is 199 cm³/mol. The van der Waals surface area contributed by atoms with Crippen molar-refractivity contribution >= 4 is 16.6 Å². The van der Waals surface area contributed by atoms with Crippen LogP contribution < -0.4 is 0 Å². The van der Waals surface area contributed by atoms with Crippen LogP contribution in [0.25, 0.3) is 0 Å². The van der Waals surface area contributed by atoms with Gasteiger partial charge in [-0.05, 0) is 133 Å². The smallest absolute Gasteiger partial charge is 0.192 e. The standard InChI is InChI=1S/C38H68N4O3Si2/c1-26(25-42-34(37(9,10)43)39-40-41-42)31-20-21-32-28(17-16-22-38(31,32)11)18-19-29-23-30(44-46(12,13)35(3,4)5)24-33(27(29)2)45-47(14,15)36(6,7)8/h18-19,26,30-33,43H,2,16-17,20-25H2,1,3-15H3/b28-18+,29-19-/t26-,30-,31-,32+,33+,38-/m1/s1. The van der Waals surface area contributed by atoms with Crippen LogP contribution >= 0.6 is 0 Å². The van der Waals surface area contributed by atoms with Crippen LogP contribution in [0.4, 0.5) is 0 Å². The lowest BCUT2D eigenvalue weighted by Crippen LogP contribution is -2.49. The Labute approximate surface area is 289 Å². The minimum atomic E-state index is -2.00. The van der Waals surface area contributed by atoms with Gasteiger partial charge in [-0.2, -0.15) is 0 Å². The van der Waals surface area contributed by atoms with Gasteiger partial charge in [0.05, 0.1) is 12.2 Å². The molecule has 0 bridgehead atoms. The van der Waals surface area contributed by atoms with Crippen molar-refractivity contribution < 1.29 is 14.0 Å². The Morgan fingerprint density at radius 3 is 2.21 bits per heavy atom. The maximum absolute atomic E-state index is 10.6. The van der Waals surface area contributed by atoms with Crippen molar-refractivity contribution in [2.75, 3.05) is 0 Å². The molecule has 0 spiro atoms. The summed E-state index contributed by atoms with van der Waals surface area (Å²) in [5.41, 5.74) is 3.25. The van der Waals surface area contributed by atoms with Crippen molar-refractivity contribution in [2.24, 2.45) is 23.2 Å². The van der Waals surface area contributed by atoms with Gasteiger partial charge in [0.1, 0.15) is 5.60 Å². The van der Waals surface area contributed by atoms with E-state index in [2.05, 4.69) is 116 Å². The summed E-state index contributed by atoms with van der Waals surface area (Å²) >= 11 is 0. The number of hydrogen-bond acceptors (Lipinski definition) is 6. The van der Waals surface area contributed by atoms with Gasteiger partial charge in [0, 0.05) is 13.0 Å². The highest BCUT2D eigenvalue weighted by atomic mass is 28.4. The molecule has 0 saturated heterocycles. The summed E-state index contributed by atoms with van der Waals surface area (Å²) in [6.07, 6.45) is 12.9. The van der Waals surface area contributed by atoms with E-state index in [1.165, 1.54) is 37.7 Å². The molecule has 3 aliphatic rings. The second kappa shape index (κ2) is 13.4. The molecule has 47 heavy (non-hydrogen) atoms. The van der Waals surface area contributed by atoms with Crippen molar-refractivity contribution in [3.05, 3.63) is 41.3 Å². The molecule has 7 nitrogen and oxygen atoms in total. The third-order valence-corrected chi connectivity index (χ3v) is 22.0. The largest absolute Gasteiger partial charge is 0.413 e. The summed E-state index contributed by atoms with van der Waals surface area (Å²) in [6, 6.07) is 0. The van der Waals surface area contributed by atoms with Gasteiger partial charge in [-0.25, -0.2) is 4.68 Å². The van der Waals surface area contributed by atoms with Crippen LogP contribution in [0.2, 0.25) is 36.3 Å². The van der Waals surface area contributed by atoms with E-state index in [0.29, 0.717) is 23.6 Å². The zero-order chi connectivity index (χ0) is 35.4. The fourth-order valence-corrected chi connectivity index (χ4v) is 10.8. The molecule has 1 aromatic heterocycles. The lowest BCUT2D eigenvalue weighted by molar-refractivity contribution is 0.0564. The average Bonchev–Trinajstić information content (AvgIpc) is 3.52. The highest BCUT2D eigenvalue weighted by molar-refractivity contribution is 6.74. The van der Waals surface area contributed by atoms with Gasteiger partial charge in [-0.1, -0.05) is 79.7 Å². The first kappa shape index (κ1) is 38.4. The fraction of sp³-hybridized carbons (Fsp3) is 0.816. The zero-order valence-corrected chi connectivity index (χ0v) is 34.5. The van der Waals surface area contributed by atoms with Crippen molar-refractivity contribution in [3.8, 4) is 0 Å². The molecule has 3 fully saturated rings. The third kappa shape index (κ3) is 8.16. The number of rotatable bonds is 9. The molecule has 0 aromatic carbocycles. The van der Waals surface area contributed by atoms with E-state index < -0.39 is 22.2 Å². The SMILES string of the molecule is C=C1/C(=C\C=C2/CCC[C@]3(C)[C@@H]([C@H](C)Cn4nnnc4C(C)(C)O)CC[C@@H]23)C[C@@H](O[Si](C)(C)C(C)(C)C)C[C@@H]1O[Si](C)(C)C(C)(C)C. The van der Waals surface area contributed by atoms with Crippen LogP contribution in [-0.2, 0) is 21.0 Å². The van der Waals surface area contributed by atoms with Crippen molar-refractivity contribution in [1.29, 1.82) is 0 Å². The molecule has 1 heterocycles. The summed E-state index contributed by atoms with van der Waals surface area (Å²) in [4.78, 5) is 0. The van der Waals surface area contributed by atoms with E-state index in [1.807, 2.05) is 4.68 Å².